The molecule has 4 aromatic rings. The number of primary amides is 1. The molecule has 0 unspecified atom stereocenters. The van der Waals surface area contributed by atoms with Gasteiger partial charge in [-0.25, -0.2) is 8.78 Å². The highest BCUT2D eigenvalue weighted by Gasteiger charge is 2.31. The van der Waals surface area contributed by atoms with Crippen LogP contribution in [0.3, 0.4) is 0 Å². The molecular weight excluding hydrogens is 470 g/mol. The number of nitrogens with zero attached hydrogens (tertiary/aromatic N) is 2. The molecule has 8 nitrogen and oxygen atoms in total. The zero-order valence-corrected chi connectivity index (χ0v) is 19.3. The number of piperazine rings is 1. The number of nitrogen functional groups attached to an aromatic ring is 1. The van der Waals surface area contributed by atoms with Crippen molar-refractivity contribution in [3.05, 3.63) is 88.6 Å². The third-order valence-electron chi connectivity index (χ3n) is 6.33. The number of hydrogen-bond donors (Lipinski definition) is 2. The van der Waals surface area contributed by atoms with Crippen molar-refractivity contribution in [3.8, 4) is 0 Å². The first-order chi connectivity index (χ1) is 17.3. The summed E-state index contributed by atoms with van der Waals surface area (Å²) in [5.74, 6) is -4.32. The van der Waals surface area contributed by atoms with E-state index < -0.39 is 45.9 Å². The van der Waals surface area contributed by atoms with Gasteiger partial charge in [-0.1, -0.05) is 30.3 Å². The van der Waals surface area contributed by atoms with Crippen LogP contribution in [0.1, 0.15) is 38.0 Å². The number of anilines is 1. The van der Waals surface area contributed by atoms with E-state index in [0.717, 1.165) is 32.7 Å². The number of nitrogens with two attached hydrogens (primary N) is 2. The smallest absolute Gasteiger partial charge is 0.285 e. The van der Waals surface area contributed by atoms with Gasteiger partial charge in [0.15, 0.2) is 17.2 Å². The molecule has 0 radical (unpaired) electrons. The van der Waals surface area contributed by atoms with Gasteiger partial charge in [0.2, 0.25) is 11.5 Å². The van der Waals surface area contributed by atoms with Gasteiger partial charge in [-0.2, -0.15) is 0 Å². The highest BCUT2D eigenvalue weighted by Crippen LogP contribution is 2.36. The van der Waals surface area contributed by atoms with E-state index in [1.54, 1.807) is 6.07 Å². The number of carbonyl (C=O) groups excluding carboxylic acids is 2. The van der Waals surface area contributed by atoms with E-state index in [1.807, 2.05) is 18.2 Å². The molecule has 1 fully saturated rings. The van der Waals surface area contributed by atoms with Crippen LogP contribution < -0.4 is 11.5 Å². The number of amides is 1. The Kier molecular flexibility index (Phi) is 6.29. The first-order valence-corrected chi connectivity index (χ1v) is 11.4. The van der Waals surface area contributed by atoms with Gasteiger partial charge >= 0.3 is 0 Å². The number of ketones is 1. The van der Waals surface area contributed by atoms with Gasteiger partial charge in [0.25, 0.3) is 5.91 Å². The second kappa shape index (κ2) is 9.56. The van der Waals surface area contributed by atoms with Crippen molar-refractivity contribution in [2.45, 2.75) is 13.1 Å². The molecule has 0 saturated carbocycles. The highest BCUT2D eigenvalue weighted by atomic mass is 19.1. The van der Waals surface area contributed by atoms with Gasteiger partial charge in [0, 0.05) is 38.8 Å². The average Bonchev–Trinajstić information content (AvgIpc) is 3.50. The molecule has 2 aromatic carbocycles. The molecule has 1 amide bonds. The van der Waals surface area contributed by atoms with Crippen molar-refractivity contribution in [2.24, 2.45) is 5.73 Å². The van der Waals surface area contributed by atoms with E-state index in [2.05, 4.69) is 21.9 Å². The van der Waals surface area contributed by atoms with Gasteiger partial charge in [0.1, 0.15) is 11.6 Å². The normalized spacial score (nSPS) is 14.9. The van der Waals surface area contributed by atoms with Gasteiger partial charge in [0.05, 0.1) is 23.2 Å². The minimum Gasteiger partial charge on any atom is -0.456 e. The second-order valence-corrected chi connectivity index (χ2v) is 8.76. The zero-order valence-electron chi connectivity index (χ0n) is 19.3. The van der Waals surface area contributed by atoms with E-state index in [0.29, 0.717) is 18.4 Å². The Morgan fingerprint density at radius 1 is 0.889 bits per heavy atom. The second-order valence-electron chi connectivity index (χ2n) is 8.76. The SMILES string of the molecule is NC(=O)c1oc2c(F)cc(F)c(N)c2c1C(=O)c1ccc(CN2CCN(Cc3ccccc3)CC2)o1. The van der Waals surface area contributed by atoms with Crippen LogP contribution in [0.2, 0.25) is 0 Å². The molecule has 0 bridgehead atoms. The molecule has 36 heavy (non-hydrogen) atoms. The van der Waals surface area contributed by atoms with Crippen LogP contribution >= 0.6 is 0 Å². The van der Waals surface area contributed by atoms with Crippen molar-refractivity contribution in [1.29, 1.82) is 0 Å². The van der Waals surface area contributed by atoms with Crippen molar-refractivity contribution in [2.75, 3.05) is 31.9 Å². The van der Waals surface area contributed by atoms with Crippen molar-refractivity contribution < 1.29 is 27.2 Å². The first-order valence-electron chi connectivity index (χ1n) is 11.4. The van der Waals surface area contributed by atoms with Crippen LogP contribution in [-0.2, 0) is 13.1 Å². The lowest BCUT2D eigenvalue weighted by molar-refractivity contribution is 0.0949. The lowest BCUT2D eigenvalue weighted by atomic mass is 10.0. The average molecular weight is 494 g/mol. The molecule has 1 aliphatic rings. The summed E-state index contributed by atoms with van der Waals surface area (Å²) in [6.45, 7) is 4.79. The van der Waals surface area contributed by atoms with Crippen molar-refractivity contribution in [1.82, 2.24) is 9.80 Å². The minimum absolute atomic E-state index is 0.123. The number of furan rings is 2. The summed E-state index contributed by atoms with van der Waals surface area (Å²) in [7, 11) is 0. The molecular formula is C26H24F2N4O4. The topological polar surface area (TPSA) is 119 Å². The zero-order chi connectivity index (χ0) is 25.4. The van der Waals surface area contributed by atoms with Crippen molar-refractivity contribution >= 4 is 28.3 Å². The summed E-state index contributed by atoms with van der Waals surface area (Å²) in [6, 6.07) is 13.9. The Labute approximate surface area is 205 Å². The van der Waals surface area contributed by atoms with Crippen LogP contribution in [0.25, 0.3) is 11.0 Å². The molecule has 0 atom stereocenters. The lowest BCUT2D eigenvalue weighted by Gasteiger charge is -2.34. The number of rotatable bonds is 7. The third-order valence-corrected chi connectivity index (χ3v) is 6.33. The Morgan fingerprint density at radius 3 is 2.22 bits per heavy atom. The maximum atomic E-state index is 14.3. The third kappa shape index (κ3) is 4.48. The summed E-state index contributed by atoms with van der Waals surface area (Å²) >= 11 is 0. The van der Waals surface area contributed by atoms with Crippen molar-refractivity contribution in [3.63, 3.8) is 0 Å². The predicted octanol–water partition coefficient (Wildman–Crippen LogP) is 3.53. The molecule has 2 aromatic heterocycles. The molecule has 0 aliphatic carbocycles. The van der Waals surface area contributed by atoms with Gasteiger partial charge in [-0.3, -0.25) is 19.4 Å². The highest BCUT2D eigenvalue weighted by molar-refractivity contribution is 6.22. The summed E-state index contributed by atoms with van der Waals surface area (Å²) in [5, 5.41) is -0.348. The van der Waals surface area contributed by atoms with Crippen LogP contribution in [0.15, 0.2) is 57.4 Å². The van der Waals surface area contributed by atoms with Gasteiger partial charge < -0.3 is 20.3 Å². The Morgan fingerprint density at radius 2 is 1.56 bits per heavy atom. The van der Waals surface area contributed by atoms with Crippen LogP contribution in [0.4, 0.5) is 14.5 Å². The number of benzene rings is 2. The molecule has 10 heteroatoms. The minimum atomic E-state index is -1.12. The maximum absolute atomic E-state index is 14.3. The van der Waals surface area contributed by atoms with Crippen LogP contribution in [0, 0.1) is 11.6 Å². The molecule has 3 heterocycles. The summed E-state index contributed by atoms with van der Waals surface area (Å²) in [6.07, 6.45) is 0. The monoisotopic (exact) mass is 494 g/mol. The Hall–Kier alpha value is -4.02. The fraction of sp³-hybridized carbons (Fsp3) is 0.231. The number of halogens is 2. The molecule has 0 spiro atoms. The fourth-order valence-corrected chi connectivity index (χ4v) is 4.50. The molecule has 1 saturated heterocycles. The molecule has 5 rings (SSSR count). The standard InChI is InChI=1S/C26H24F2N4O4/c27-17-12-18(28)24-20(22(17)29)21(25(36-24)26(30)34)23(33)19-7-6-16(35-19)14-32-10-8-31(9-11-32)13-15-4-2-1-3-5-15/h1-7,12H,8-11,13-14,29H2,(H2,30,34). The Bertz CT molecular complexity index is 1440. The fourth-order valence-electron chi connectivity index (χ4n) is 4.50. The Balaban J connectivity index is 1.32. The maximum Gasteiger partial charge on any atom is 0.285 e. The van der Waals surface area contributed by atoms with Crippen LogP contribution in [-0.4, -0.2) is 47.7 Å². The van der Waals surface area contributed by atoms with E-state index in [4.69, 9.17) is 20.3 Å². The number of hydrogen-bond acceptors (Lipinski definition) is 7. The predicted molar refractivity (Wildman–Crippen MR) is 128 cm³/mol. The van der Waals surface area contributed by atoms with Gasteiger partial charge in [-0.15, -0.1) is 0 Å². The quantitative estimate of drug-likeness (QED) is 0.298. The summed E-state index contributed by atoms with van der Waals surface area (Å²) in [5.41, 5.74) is 10.9. The van der Waals surface area contributed by atoms with E-state index in [1.165, 1.54) is 11.6 Å². The van der Waals surface area contributed by atoms with E-state index >= 15 is 0 Å². The molecule has 186 valence electrons. The number of carbonyl (C=O) groups is 2. The molecule has 4 N–H and O–H groups in total. The molecule has 1 aliphatic heterocycles. The van der Waals surface area contributed by atoms with Crippen LogP contribution in [0.5, 0.6) is 0 Å². The number of fused-ring (bicyclic) bond motifs is 1. The summed E-state index contributed by atoms with van der Waals surface area (Å²) in [4.78, 5) is 29.8. The largest absolute Gasteiger partial charge is 0.456 e. The summed E-state index contributed by atoms with van der Waals surface area (Å²) < 4.78 is 39.3. The van der Waals surface area contributed by atoms with Gasteiger partial charge in [-0.05, 0) is 17.7 Å². The van der Waals surface area contributed by atoms with E-state index in [-0.39, 0.29) is 11.1 Å². The first kappa shape index (κ1) is 23.7. The lowest BCUT2D eigenvalue weighted by Crippen LogP contribution is -2.45. The van der Waals surface area contributed by atoms with E-state index in [9.17, 15) is 18.4 Å².